The minimum Gasteiger partial charge on any atom is -0.497 e. The molecule has 1 unspecified atom stereocenters. The Bertz CT molecular complexity index is 928. The zero-order chi connectivity index (χ0) is 20.6. The highest BCUT2D eigenvalue weighted by atomic mass is 16.5. The third kappa shape index (κ3) is 5.17. The summed E-state index contributed by atoms with van der Waals surface area (Å²) in [6.07, 6.45) is 0.684. The molecule has 0 aliphatic heterocycles. The van der Waals surface area contributed by atoms with Gasteiger partial charge in [-0.25, -0.2) is 4.98 Å². The summed E-state index contributed by atoms with van der Waals surface area (Å²) < 4.78 is 16.2. The van der Waals surface area contributed by atoms with Crippen LogP contribution in [-0.2, 0) is 6.42 Å². The number of aromatic nitrogens is 3. The van der Waals surface area contributed by atoms with Gasteiger partial charge in [-0.15, -0.1) is 0 Å². The van der Waals surface area contributed by atoms with E-state index in [1.165, 1.54) is 0 Å². The van der Waals surface area contributed by atoms with Crippen molar-refractivity contribution >= 4 is 5.69 Å². The van der Waals surface area contributed by atoms with Crippen molar-refractivity contribution in [1.29, 1.82) is 0 Å². The van der Waals surface area contributed by atoms with E-state index in [2.05, 4.69) is 20.5 Å². The summed E-state index contributed by atoms with van der Waals surface area (Å²) >= 11 is 0. The summed E-state index contributed by atoms with van der Waals surface area (Å²) in [6, 6.07) is 12.9. The zero-order valence-corrected chi connectivity index (χ0v) is 16.9. The molecule has 8 nitrogen and oxygen atoms in total. The molecule has 154 valence electrons. The molecule has 4 N–H and O–H groups in total. The van der Waals surface area contributed by atoms with E-state index in [1.54, 1.807) is 14.2 Å². The number of H-pyrrole nitrogens is 1. The smallest absolute Gasteiger partial charge is 0.171 e. The van der Waals surface area contributed by atoms with Crippen LogP contribution < -0.4 is 25.3 Å². The normalized spacial score (nSPS) is 11.7. The lowest BCUT2D eigenvalue weighted by molar-refractivity contribution is 0.310. The third-order valence-corrected chi connectivity index (χ3v) is 4.43. The number of hydrogen-bond acceptors (Lipinski definition) is 7. The first-order valence-electron chi connectivity index (χ1n) is 9.50. The van der Waals surface area contributed by atoms with Crippen molar-refractivity contribution in [2.24, 2.45) is 5.73 Å². The molecule has 0 aliphatic carbocycles. The van der Waals surface area contributed by atoms with Crippen molar-refractivity contribution in [2.75, 3.05) is 32.7 Å². The summed E-state index contributed by atoms with van der Waals surface area (Å²) in [5.41, 5.74) is 8.20. The second-order valence-electron chi connectivity index (χ2n) is 6.37. The first-order valence-corrected chi connectivity index (χ1v) is 9.50. The average Bonchev–Trinajstić information content (AvgIpc) is 3.23. The van der Waals surface area contributed by atoms with Gasteiger partial charge < -0.3 is 25.3 Å². The van der Waals surface area contributed by atoms with Crippen molar-refractivity contribution < 1.29 is 14.2 Å². The third-order valence-electron chi connectivity index (χ3n) is 4.43. The molecule has 1 heterocycles. The molecule has 0 fully saturated rings. The Balaban J connectivity index is 1.61. The van der Waals surface area contributed by atoms with Crippen LogP contribution in [0, 0.1) is 0 Å². The van der Waals surface area contributed by atoms with Gasteiger partial charge in [0.2, 0.25) is 0 Å². The maximum atomic E-state index is 6.36. The maximum Gasteiger partial charge on any atom is 0.171 e. The van der Waals surface area contributed by atoms with E-state index in [4.69, 9.17) is 19.9 Å². The summed E-state index contributed by atoms with van der Waals surface area (Å²) in [6.45, 7) is 3.20. The van der Waals surface area contributed by atoms with Gasteiger partial charge in [-0.2, -0.15) is 5.10 Å². The van der Waals surface area contributed by atoms with Gasteiger partial charge in [-0.3, -0.25) is 5.10 Å². The minimum absolute atomic E-state index is 0.462. The number of nitrogens with zero attached hydrogens (tertiary/aromatic N) is 2. The Morgan fingerprint density at radius 3 is 2.72 bits per heavy atom. The summed E-state index contributed by atoms with van der Waals surface area (Å²) in [5, 5.41) is 10.6. The van der Waals surface area contributed by atoms with E-state index >= 15 is 0 Å². The molecular formula is C21H27N5O3. The highest BCUT2D eigenvalue weighted by Gasteiger charge is 2.17. The van der Waals surface area contributed by atoms with E-state index in [9.17, 15) is 0 Å². The Morgan fingerprint density at radius 1 is 1.10 bits per heavy atom. The molecule has 2 aromatic carbocycles. The van der Waals surface area contributed by atoms with E-state index in [1.807, 2.05) is 49.4 Å². The summed E-state index contributed by atoms with van der Waals surface area (Å²) in [5.74, 6) is 3.44. The average molecular weight is 397 g/mol. The van der Waals surface area contributed by atoms with Crippen LogP contribution in [0.15, 0.2) is 42.5 Å². The highest BCUT2D eigenvalue weighted by Crippen LogP contribution is 2.31. The Kier molecular flexibility index (Phi) is 6.91. The monoisotopic (exact) mass is 397 g/mol. The van der Waals surface area contributed by atoms with Gasteiger partial charge in [0.1, 0.15) is 11.6 Å². The molecule has 0 saturated heterocycles. The fourth-order valence-electron chi connectivity index (χ4n) is 2.92. The van der Waals surface area contributed by atoms with Gasteiger partial charge >= 0.3 is 0 Å². The van der Waals surface area contributed by atoms with Crippen LogP contribution >= 0.6 is 0 Å². The lowest BCUT2D eigenvalue weighted by Gasteiger charge is -2.13. The molecule has 3 rings (SSSR count). The number of nitrogens with one attached hydrogen (secondary N) is 2. The number of benzene rings is 2. The first kappa shape index (κ1) is 20.5. The van der Waals surface area contributed by atoms with Crippen LogP contribution in [0.25, 0.3) is 0 Å². The molecular weight excluding hydrogens is 370 g/mol. The van der Waals surface area contributed by atoms with Gasteiger partial charge in [-0.05, 0) is 36.8 Å². The zero-order valence-electron chi connectivity index (χ0n) is 16.9. The van der Waals surface area contributed by atoms with Crippen LogP contribution in [0.4, 0.5) is 5.69 Å². The van der Waals surface area contributed by atoms with Crippen LogP contribution in [0.5, 0.6) is 17.2 Å². The molecule has 1 aromatic heterocycles. The molecule has 3 aromatic rings. The summed E-state index contributed by atoms with van der Waals surface area (Å²) in [7, 11) is 3.26. The van der Waals surface area contributed by atoms with Gasteiger partial charge in [0.25, 0.3) is 0 Å². The molecule has 0 aliphatic rings. The number of rotatable bonds is 10. The lowest BCUT2D eigenvalue weighted by atomic mass is 10.1. The molecule has 0 radical (unpaired) electrons. The van der Waals surface area contributed by atoms with E-state index in [0.29, 0.717) is 36.9 Å². The summed E-state index contributed by atoms with van der Waals surface area (Å²) in [4.78, 5) is 4.54. The Labute approximate surface area is 170 Å². The van der Waals surface area contributed by atoms with Crippen molar-refractivity contribution in [3.63, 3.8) is 0 Å². The quantitative estimate of drug-likeness (QED) is 0.483. The predicted octanol–water partition coefficient (Wildman–Crippen LogP) is 2.92. The van der Waals surface area contributed by atoms with E-state index in [-0.39, 0.29) is 0 Å². The maximum absolute atomic E-state index is 6.36. The number of hydrogen-bond donors (Lipinski definition) is 3. The fraction of sp³-hybridized carbons (Fsp3) is 0.333. The van der Waals surface area contributed by atoms with Gasteiger partial charge in [-0.1, -0.05) is 12.1 Å². The van der Waals surface area contributed by atoms with E-state index < -0.39 is 6.04 Å². The van der Waals surface area contributed by atoms with Crippen LogP contribution in [0.1, 0.15) is 30.2 Å². The second kappa shape index (κ2) is 9.79. The van der Waals surface area contributed by atoms with Gasteiger partial charge in [0, 0.05) is 24.7 Å². The SMILES string of the molecule is CCOc1ccc(C(N)c2n[nH]c(CCNc3cccc(OC)c3)n2)cc1OC. The fourth-order valence-corrected chi connectivity index (χ4v) is 2.92. The number of methoxy groups -OCH3 is 2. The molecule has 0 bridgehead atoms. The van der Waals surface area contributed by atoms with Crippen molar-refractivity contribution in [1.82, 2.24) is 15.2 Å². The second-order valence-corrected chi connectivity index (χ2v) is 6.37. The van der Waals surface area contributed by atoms with E-state index in [0.717, 1.165) is 22.8 Å². The number of anilines is 1. The van der Waals surface area contributed by atoms with Crippen LogP contribution in [0.2, 0.25) is 0 Å². The predicted molar refractivity (Wildman–Crippen MR) is 112 cm³/mol. The van der Waals surface area contributed by atoms with Crippen molar-refractivity contribution in [3.05, 3.63) is 59.7 Å². The Morgan fingerprint density at radius 2 is 1.97 bits per heavy atom. The number of ether oxygens (including phenoxy) is 3. The lowest BCUT2D eigenvalue weighted by Crippen LogP contribution is -2.14. The van der Waals surface area contributed by atoms with Crippen molar-refractivity contribution in [2.45, 2.75) is 19.4 Å². The largest absolute Gasteiger partial charge is 0.497 e. The molecule has 29 heavy (non-hydrogen) atoms. The number of nitrogens with two attached hydrogens (primary N) is 1. The van der Waals surface area contributed by atoms with Crippen molar-refractivity contribution in [3.8, 4) is 17.2 Å². The molecule has 1 atom stereocenters. The topological polar surface area (TPSA) is 107 Å². The van der Waals surface area contributed by atoms with Gasteiger partial charge in [0.05, 0.1) is 26.9 Å². The van der Waals surface area contributed by atoms with Crippen LogP contribution in [0.3, 0.4) is 0 Å². The van der Waals surface area contributed by atoms with Crippen LogP contribution in [-0.4, -0.2) is 42.6 Å². The van der Waals surface area contributed by atoms with Gasteiger partial charge in [0.15, 0.2) is 17.3 Å². The Hall–Kier alpha value is -3.26. The molecule has 0 saturated carbocycles. The molecule has 0 spiro atoms. The first-order chi connectivity index (χ1) is 14.1. The highest BCUT2D eigenvalue weighted by molar-refractivity contribution is 5.48. The molecule has 8 heteroatoms. The minimum atomic E-state index is -0.462. The number of aromatic amines is 1. The molecule has 0 amide bonds. The standard InChI is InChI=1S/C21H27N5O3/c1-4-29-17-9-8-14(12-18(17)28-3)20(22)21-24-19(25-26-21)10-11-23-15-6-5-7-16(13-15)27-2/h5-9,12-13,20,23H,4,10-11,22H2,1-3H3,(H,24,25,26).